The quantitative estimate of drug-likeness (QED) is 0.839. The lowest BCUT2D eigenvalue weighted by atomic mass is 9.93. The fourth-order valence-corrected chi connectivity index (χ4v) is 2.15. The smallest absolute Gasteiger partial charge is 0.394 e. The van der Waals surface area contributed by atoms with E-state index in [0.29, 0.717) is 24.1 Å². The third-order valence-electron chi connectivity index (χ3n) is 3.34. The Kier molecular flexibility index (Phi) is 2.81. The molecule has 0 fully saturated rings. The van der Waals surface area contributed by atoms with Crippen molar-refractivity contribution in [3.8, 4) is 0 Å². The Bertz CT molecular complexity index is 424. The first-order valence-electron chi connectivity index (χ1n) is 5.49. The van der Waals surface area contributed by atoms with E-state index in [9.17, 15) is 18.3 Å². The molecule has 0 saturated carbocycles. The van der Waals surface area contributed by atoms with Crippen LogP contribution >= 0.6 is 0 Å². The van der Waals surface area contributed by atoms with Crippen molar-refractivity contribution < 1.29 is 18.3 Å². The van der Waals surface area contributed by atoms with E-state index < -0.39 is 17.3 Å². The number of alkyl halides is 3. The first kappa shape index (κ1) is 12.2. The Balaban J connectivity index is 2.34. The van der Waals surface area contributed by atoms with Crippen LogP contribution in [0, 0.1) is 0 Å². The summed E-state index contributed by atoms with van der Waals surface area (Å²) in [7, 11) is 0. The molecule has 1 aliphatic heterocycles. The van der Waals surface area contributed by atoms with Gasteiger partial charge >= 0.3 is 6.18 Å². The summed E-state index contributed by atoms with van der Waals surface area (Å²) >= 11 is 0. The molecule has 0 aromatic heterocycles. The Morgan fingerprint density at radius 2 is 2.12 bits per heavy atom. The van der Waals surface area contributed by atoms with Gasteiger partial charge in [-0.25, -0.2) is 0 Å². The second kappa shape index (κ2) is 3.91. The molecule has 0 bridgehead atoms. The molecule has 1 unspecified atom stereocenters. The lowest BCUT2D eigenvalue weighted by Crippen LogP contribution is -2.39. The van der Waals surface area contributed by atoms with Gasteiger partial charge in [0.05, 0.1) is 17.7 Å². The summed E-state index contributed by atoms with van der Waals surface area (Å²) < 4.78 is 37.6. The first-order valence-corrected chi connectivity index (χ1v) is 5.49. The number of hydrogen-bond donors (Lipinski definition) is 2. The van der Waals surface area contributed by atoms with Crippen molar-refractivity contribution in [2.75, 3.05) is 11.9 Å². The fourth-order valence-electron chi connectivity index (χ4n) is 2.15. The van der Waals surface area contributed by atoms with Gasteiger partial charge in [-0.05, 0) is 36.6 Å². The second-order valence-corrected chi connectivity index (χ2v) is 4.46. The minimum atomic E-state index is -4.31. The molecule has 0 amide bonds. The number of anilines is 1. The number of halogens is 3. The molecule has 1 aromatic rings. The molecule has 0 saturated heterocycles. The van der Waals surface area contributed by atoms with Gasteiger partial charge in [-0.1, -0.05) is 6.92 Å². The number of aliphatic hydroxyl groups is 1. The summed E-state index contributed by atoms with van der Waals surface area (Å²) in [6, 6.07) is 3.66. The zero-order chi connectivity index (χ0) is 12.7. The van der Waals surface area contributed by atoms with Crippen LogP contribution in [0.3, 0.4) is 0 Å². The van der Waals surface area contributed by atoms with Gasteiger partial charge in [0.2, 0.25) is 0 Å². The van der Waals surface area contributed by atoms with Crippen LogP contribution in [0.2, 0.25) is 0 Å². The van der Waals surface area contributed by atoms with E-state index in [1.54, 1.807) is 0 Å². The van der Waals surface area contributed by atoms with Crippen LogP contribution < -0.4 is 5.32 Å². The highest BCUT2D eigenvalue weighted by atomic mass is 19.4. The van der Waals surface area contributed by atoms with E-state index in [-0.39, 0.29) is 6.61 Å². The van der Waals surface area contributed by atoms with Crippen LogP contribution in [0.15, 0.2) is 18.2 Å². The maximum absolute atomic E-state index is 12.5. The zero-order valence-corrected chi connectivity index (χ0v) is 9.43. The van der Waals surface area contributed by atoms with Crippen LogP contribution in [0.1, 0.15) is 24.5 Å². The third kappa shape index (κ3) is 2.11. The molecular formula is C12H14F3NO. The van der Waals surface area contributed by atoms with Crippen LogP contribution in [0.5, 0.6) is 0 Å². The number of fused-ring (bicyclic) bond motifs is 1. The number of benzene rings is 1. The molecule has 1 heterocycles. The monoisotopic (exact) mass is 245 g/mol. The number of rotatable bonds is 2. The number of aliphatic hydroxyl groups excluding tert-OH is 1. The molecular weight excluding hydrogens is 231 g/mol. The summed E-state index contributed by atoms with van der Waals surface area (Å²) in [6.07, 6.45) is -3.22. The molecule has 0 aliphatic carbocycles. The van der Waals surface area contributed by atoms with E-state index in [1.165, 1.54) is 6.07 Å². The highest BCUT2D eigenvalue weighted by Crippen LogP contribution is 2.38. The van der Waals surface area contributed by atoms with Crippen molar-refractivity contribution in [3.63, 3.8) is 0 Å². The van der Waals surface area contributed by atoms with Gasteiger partial charge in [0, 0.05) is 5.69 Å². The second-order valence-electron chi connectivity index (χ2n) is 4.46. The van der Waals surface area contributed by atoms with Crippen molar-refractivity contribution in [2.24, 2.45) is 0 Å². The van der Waals surface area contributed by atoms with Crippen molar-refractivity contribution in [3.05, 3.63) is 29.3 Å². The summed E-state index contributed by atoms with van der Waals surface area (Å²) in [5.74, 6) is 0. The molecule has 1 aromatic carbocycles. The van der Waals surface area contributed by atoms with E-state index in [0.717, 1.165) is 12.1 Å². The number of nitrogens with one attached hydrogen (secondary N) is 1. The minimum absolute atomic E-state index is 0.0838. The van der Waals surface area contributed by atoms with Crippen molar-refractivity contribution in [2.45, 2.75) is 31.5 Å². The topological polar surface area (TPSA) is 32.3 Å². The normalized spacial score (nSPS) is 23.4. The van der Waals surface area contributed by atoms with Gasteiger partial charge < -0.3 is 10.4 Å². The lowest BCUT2D eigenvalue weighted by molar-refractivity contribution is -0.137. The predicted molar refractivity (Wildman–Crippen MR) is 58.9 cm³/mol. The number of hydrogen-bond acceptors (Lipinski definition) is 2. The van der Waals surface area contributed by atoms with E-state index in [4.69, 9.17) is 0 Å². The minimum Gasteiger partial charge on any atom is -0.394 e. The van der Waals surface area contributed by atoms with Crippen LogP contribution in [0.4, 0.5) is 18.9 Å². The molecule has 94 valence electrons. The van der Waals surface area contributed by atoms with Gasteiger partial charge in [-0.15, -0.1) is 0 Å². The van der Waals surface area contributed by atoms with Crippen molar-refractivity contribution >= 4 is 5.69 Å². The highest BCUT2D eigenvalue weighted by molar-refractivity contribution is 5.60. The fraction of sp³-hybridized carbons (Fsp3) is 0.500. The van der Waals surface area contributed by atoms with E-state index in [1.807, 2.05) is 6.92 Å². The van der Waals surface area contributed by atoms with Gasteiger partial charge in [-0.2, -0.15) is 13.2 Å². The van der Waals surface area contributed by atoms with E-state index in [2.05, 4.69) is 5.32 Å². The van der Waals surface area contributed by atoms with Gasteiger partial charge in [0.25, 0.3) is 0 Å². The largest absolute Gasteiger partial charge is 0.416 e. The van der Waals surface area contributed by atoms with Crippen molar-refractivity contribution in [1.82, 2.24) is 0 Å². The Hall–Kier alpha value is -1.23. The third-order valence-corrected chi connectivity index (χ3v) is 3.34. The summed E-state index contributed by atoms with van der Waals surface area (Å²) in [4.78, 5) is 0. The van der Waals surface area contributed by atoms with Crippen LogP contribution in [0.25, 0.3) is 0 Å². The Labute approximate surface area is 97.5 Å². The lowest BCUT2D eigenvalue weighted by Gasteiger charge is -2.25. The Morgan fingerprint density at radius 3 is 2.65 bits per heavy atom. The average molecular weight is 245 g/mol. The molecule has 1 atom stereocenters. The molecule has 2 N–H and O–H groups in total. The maximum Gasteiger partial charge on any atom is 0.416 e. The van der Waals surface area contributed by atoms with Gasteiger partial charge in [-0.3, -0.25) is 0 Å². The maximum atomic E-state index is 12.5. The standard InChI is InChI=1S/C12H14F3NO/c1-2-11(7-17)6-8-5-9(12(13,14)15)3-4-10(8)16-11/h3-5,16-17H,2,6-7H2,1H3. The SMILES string of the molecule is CCC1(CO)Cc2cc(C(F)(F)F)ccc2N1. The summed E-state index contributed by atoms with van der Waals surface area (Å²) in [6.45, 7) is 1.82. The summed E-state index contributed by atoms with van der Waals surface area (Å²) in [5, 5.41) is 12.4. The Morgan fingerprint density at radius 1 is 1.41 bits per heavy atom. The zero-order valence-electron chi connectivity index (χ0n) is 9.43. The molecule has 0 spiro atoms. The van der Waals surface area contributed by atoms with Crippen LogP contribution in [-0.2, 0) is 12.6 Å². The first-order chi connectivity index (χ1) is 7.90. The molecule has 2 nitrogen and oxygen atoms in total. The highest BCUT2D eigenvalue weighted by Gasteiger charge is 2.37. The van der Waals surface area contributed by atoms with Gasteiger partial charge in [0.1, 0.15) is 0 Å². The van der Waals surface area contributed by atoms with Crippen LogP contribution in [-0.4, -0.2) is 17.3 Å². The average Bonchev–Trinajstić information content (AvgIpc) is 2.66. The van der Waals surface area contributed by atoms with Crippen molar-refractivity contribution in [1.29, 1.82) is 0 Å². The molecule has 1 aliphatic rings. The summed E-state index contributed by atoms with van der Waals surface area (Å²) in [5.41, 5.74) is 0.166. The molecule has 17 heavy (non-hydrogen) atoms. The molecule has 0 radical (unpaired) electrons. The predicted octanol–water partition coefficient (Wildman–Crippen LogP) is 2.81. The molecule has 5 heteroatoms. The van der Waals surface area contributed by atoms with Gasteiger partial charge in [0.15, 0.2) is 0 Å². The van der Waals surface area contributed by atoms with E-state index >= 15 is 0 Å². The molecule has 2 rings (SSSR count).